The molecule has 114 valence electrons. The Morgan fingerprint density at radius 2 is 2.00 bits per heavy atom. The summed E-state index contributed by atoms with van der Waals surface area (Å²) in [7, 11) is 0. The fourth-order valence-electron chi connectivity index (χ4n) is 1.97. The van der Waals surface area contributed by atoms with Gasteiger partial charge in [0.1, 0.15) is 21.2 Å². The van der Waals surface area contributed by atoms with Crippen LogP contribution in [0.5, 0.6) is 0 Å². The molecule has 10 heteroatoms. The number of hydrogen-bond acceptors (Lipinski definition) is 5. The van der Waals surface area contributed by atoms with Gasteiger partial charge in [0, 0.05) is 6.92 Å². The average molecular weight is 423 g/mol. The SMILES string of the molecule is Cc1nc([N+](=O)[O-])cn1CC(O)Cn1c(C)nc(Br)c1Br. The van der Waals surface area contributed by atoms with Gasteiger partial charge in [-0.15, -0.1) is 0 Å². The molecule has 0 radical (unpaired) electrons. The number of aromatic nitrogens is 4. The molecule has 8 nitrogen and oxygen atoms in total. The van der Waals surface area contributed by atoms with E-state index in [1.54, 1.807) is 11.5 Å². The van der Waals surface area contributed by atoms with Gasteiger partial charge in [0.05, 0.1) is 19.2 Å². The molecule has 0 spiro atoms. The van der Waals surface area contributed by atoms with E-state index in [1.165, 1.54) is 6.20 Å². The second-order valence-corrected chi connectivity index (χ2v) is 6.06. The normalized spacial score (nSPS) is 12.6. The van der Waals surface area contributed by atoms with Gasteiger partial charge in [0.25, 0.3) is 0 Å². The molecule has 0 aliphatic carbocycles. The zero-order valence-corrected chi connectivity index (χ0v) is 14.5. The first-order valence-corrected chi connectivity index (χ1v) is 7.62. The highest BCUT2D eigenvalue weighted by Crippen LogP contribution is 2.24. The molecular weight excluding hydrogens is 410 g/mol. The molecule has 0 saturated carbocycles. The third kappa shape index (κ3) is 3.50. The zero-order chi connectivity index (χ0) is 15.7. The van der Waals surface area contributed by atoms with Crippen LogP contribution in [0.25, 0.3) is 0 Å². The quantitative estimate of drug-likeness (QED) is 0.588. The molecule has 0 aromatic carbocycles. The van der Waals surface area contributed by atoms with Gasteiger partial charge in [-0.1, -0.05) is 0 Å². The van der Waals surface area contributed by atoms with Crippen LogP contribution in [0.4, 0.5) is 5.82 Å². The predicted octanol–water partition coefficient (Wildman–Crippen LogP) is 2.19. The maximum atomic E-state index is 10.7. The summed E-state index contributed by atoms with van der Waals surface area (Å²) in [5.74, 6) is 1.02. The first-order chi connectivity index (χ1) is 9.79. The summed E-state index contributed by atoms with van der Waals surface area (Å²) in [5.41, 5.74) is 0. The number of hydrogen-bond donors (Lipinski definition) is 1. The highest BCUT2D eigenvalue weighted by atomic mass is 79.9. The number of halogens is 2. The molecule has 0 fully saturated rings. The molecule has 1 unspecified atom stereocenters. The lowest BCUT2D eigenvalue weighted by Crippen LogP contribution is -2.23. The number of aryl methyl sites for hydroxylation is 2. The van der Waals surface area contributed by atoms with Crippen molar-refractivity contribution < 1.29 is 10.0 Å². The van der Waals surface area contributed by atoms with Crippen molar-refractivity contribution in [3.8, 4) is 0 Å². The molecular formula is C11H13Br2N5O3. The second kappa shape index (κ2) is 6.24. The van der Waals surface area contributed by atoms with Gasteiger partial charge >= 0.3 is 5.82 Å². The van der Waals surface area contributed by atoms with Crippen molar-refractivity contribution in [1.82, 2.24) is 19.1 Å². The minimum absolute atomic E-state index is 0.217. The maximum absolute atomic E-state index is 10.7. The van der Waals surface area contributed by atoms with Crippen LogP contribution in [0.15, 0.2) is 15.4 Å². The monoisotopic (exact) mass is 421 g/mol. The van der Waals surface area contributed by atoms with Gasteiger partial charge in [0.2, 0.25) is 5.82 Å². The number of aliphatic hydroxyl groups excluding tert-OH is 1. The van der Waals surface area contributed by atoms with Crippen LogP contribution in [-0.4, -0.2) is 35.2 Å². The summed E-state index contributed by atoms with van der Waals surface area (Å²) >= 11 is 6.69. The molecule has 1 atom stereocenters. The van der Waals surface area contributed by atoms with E-state index < -0.39 is 11.0 Å². The van der Waals surface area contributed by atoms with Crippen LogP contribution in [0.3, 0.4) is 0 Å². The van der Waals surface area contributed by atoms with Crippen molar-refractivity contribution in [3.63, 3.8) is 0 Å². The van der Waals surface area contributed by atoms with Gasteiger partial charge in [-0.05, 0) is 48.7 Å². The van der Waals surface area contributed by atoms with Gasteiger partial charge in [-0.2, -0.15) is 0 Å². The van der Waals surface area contributed by atoms with E-state index in [4.69, 9.17) is 0 Å². The maximum Gasteiger partial charge on any atom is 0.381 e. The van der Waals surface area contributed by atoms with Crippen molar-refractivity contribution in [3.05, 3.63) is 37.2 Å². The Hall–Kier alpha value is -1.26. The third-order valence-electron chi connectivity index (χ3n) is 3.01. The molecule has 2 aromatic heterocycles. The minimum Gasteiger partial charge on any atom is -0.389 e. The fourth-order valence-corrected chi connectivity index (χ4v) is 2.93. The van der Waals surface area contributed by atoms with Crippen LogP contribution in [-0.2, 0) is 13.1 Å². The molecule has 21 heavy (non-hydrogen) atoms. The zero-order valence-electron chi connectivity index (χ0n) is 11.3. The number of imidazole rings is 2. The Morgan fingerprint density at radius 1 is 1.33 bits per heavy atom. The van der Waals surface area contributed by atoms with Crippen LogP contribution in [0.1, 0.15) is 11.6 Å². The van der Waals surface area contributed by atoms with Gasteiger partial charge < -0.3 is 24.4 Å². The fraction of sp³-hybridized carbons (Fsp3) is 0.455. The Labute approximate surface area is 137 Å². The van der Waals surface area contributed by atoms with Crippen molar-refractivity contribution >= 4 is 37.7 Å². The molecule has 0 aliphatic heterocycles. The van der Waals surface area contributed by atoms with Crippen LogP contribution < -0.4 is 0 Å². The summed E-state index contributed by atoms with van der Waals surface area (Å²) < 4.78 is 4.79. The van der Waals surface area contributed by atoms with E-state index in [2.05, 4.69) is 41.8 Å². The number of nitro groups is 1. The summed E-state index contributed by atoms with van der Waals surface area (Å²) in [6.07, 6.45) is 0.596. The highest BCUT2D eigenvalue weighted by molar-refractivity contribution is 9.13. The lowest BCUT2D eigenvalue weighted by atomic mass is 10.3. The molecule has 2 aromatic rings. The van der Waals surface area contributed by atoms with E-state index in [0.717, 1.165) is 10.4 Å². The van der Waals surface area contributed by atoms with E-state index in [9.17, 15) is 15.2 Å². The highest BCUT2D eigenvalue weighted by Gasteiger charge is 2.19. The molecule has 0 aliphatic rings. The topological polar surface area (TPSA) is 99.0 Å². The summed E-state index contributed by atoms with van der Waals surface area (Å²) in [5, 5.41) is 20.9. The second-order valence-electron chi connectivity index (χ2n) is 4.56. The molecule has 0 saturated heterocycles. The minimum atomic E-state index is -0.728. The van der Waals surface area contributed by atoms with Gasteiger partial charge in [-0.25, -0.2) is 4.98 Å². The lowest BCUT2D eigenvalue weighted by Gasteiger charge is -2.14. The van der Waals surface area contributed by atoms with E-state index in [-0.39, 0.29) is 12.4 Å². The molecule has 2 rings (SSSR count). The average Bonchev–Trinajstić information content (AvgIpc) is 2.86. The van der Waals surface area contributed by atoms with E-state index >= 15 is 0 Å². The number of aliphatic hydroxyl groups is 1. The molecule has 0 amide bonds. The number of nitrogens with zero attached hydrogens (tertiary/aromatic N) is 5. The largest absolute Gasteiger partial charge is 0.389 e. The summed E-state index contributed by atoms with van der Waals surface area (Å²) in [4.78, 5) is 18.2. The van der Waals surface area contributed by atoms with E-state index in [0.29, 0.717) is 17.0 Å². The molecule has 2 heterocycles. The van der Waals surface area contributed by atoms with Crippen molar-refractivity contribution in [1.29, 1.82) is 0 Å². The van der Waals surface area contributed by atoms with Crippen molar-refractivity contribution in [2.75, 3.05) is 0 Å². The lowest BCUT2D eigenvalue weighted by molar-refractivity contribution is -0.389. The third-order valence-corrected chi connectivity index (χ3v) is 4.90. The van der Waals surface area contributed by atoms with Crippen LogP contribution in [0, 0.1) is 24.0 Å². The predicted molar refractivity (Wildman–Crippen MR) is 82.0 cm³/mol. The first kappa shape index (κ1) is 16.1. The first-order valence-electron chi connectivity index (χ1n) is 6.04. The Bertz CT molecular complexity index is 682. The molecule has 1 N–H and O–H groups in total. The number of rotatable bonds is 5. The van der Waals surface area contributed by atoms with Gasteiger partial charge in [-0.3, -0.25) is 0 Å². The van der Waals surface area contributed by atoms with Crippen molar-refractivity contribution in [2.24, 2.45) is 0 Å². The van der Waals surface area contributed by atoms with Crippen LogP contribution in [0.2, 0.25) is 0 Å². The standard InChI is InChI=1S/C11H13Br2N5O3/c1-6-14-9(18(20)21)5-16(6)3-8(19)4-17-7(2)15-10(12)11(17)13/h5,8,19H,3-4H2,1-2H3. The van der Waals surface area contributed by atoms with Gasteiger partial charge in [0.15, 0.2) is 0 Å². The Balaban J connectivity index is 2.11. The Morgan fingerprint density at radius 3 is 2.48 bits per heavy atom. The summed E-state index contributed by atoms with van der Waals surface area (Å²) in [6, 6.07) is 0. The molecule has 0 bridgehead atoms. The van der Waals surface area contributed by atoms with Crippen LogP contribution >= 0.6 is 31.9 Å². The van der Waals surface area contributed by atoms with Crippen molar-refractivity contribution in [2.45, 2.75) is 33.0 Å². The summed E-state index contributed by atoms with van der Waals surface area (Å²) in [6.45, 7) is 4.02. The van der Waals surface area contributed by atoms with E-state index in [1.807, 2.05) is 11.5 Å². The Kier molecular flexibility index (Phi) is 4.79. The smallest absolute Gasteiger partial charge is 0.381 e.